The van der Waals surface area contributed by atoms with E-state index in [-0.39, 0.29) is 17.4 Å². The molecule has 8 heteroatoms. The summed E-state index contributed by atoms with van der Waals surface area (Å²) in [5.74, 6) is 0.292. The molecule has 2 rings (SSSR count). The van der Waals surface area contributed by atoms with Crippen LogP contribution in [-0.4, -0.2) is 51.5 Å². The van der Waals surface area contributed by atoms with E-state index in [2.05, 4.69) is 20.3 Å². The fraction of sp³-hybridized carbons (Fsp3) is 0.750. The molecule has 1 aromatic rings. The number of anilines is 1. The van der Waals surface area contributed by atoms with E-state index in [1.807, 2.05) is 13.8 Å². The van der Waals surface area contributed by atoms with Crippen molar-refractivity contribution < 1.29 is 14.6 Å². The topological polar surface area (TPSA) is 89.4 Å². The zero-order chi connectivity index (χ0) is 14.6. The number of aromatic nitrogens is 3. The van der Waals surface area contributed by atoms with Gasteiger partial charge >= 0.3 is 6.01 Å². The van der Waals surface area contributed by atoms with Crippen LogP contribution in [0.3, 0.4) is 0 Å². The normalized spacial score (nSPS) is 18.1. The summed E-state index contributed by atoms with van der Waals surface area (Å²) < 4.78 is 10.6. The third-order valence-corrected chi connectivity index (χ3v) is 3.10. The summed E-state index contributed by atoms with van der Waals surface area (Å²) >= 11 is 5.82. The van der Waals surface area contributed by atoms with Gasteiger partial charge in [-0.15, -0.1) is 0 Å². The van der Waals surface area contributed by atoms with Gasteiger partial charge in [0.05, 0.1) is 11.7 Å². The molecule has 0 atom stereocenters. The van der Waals surface area contributed by atoms with Crippen molar-refractivity contribution in [2.75, 3.05) is 25.1 Å². The van der Waals surface area contributed by atoms with Gasteiger partial charge in [0.15, 0.2) is 0 Å². The number of hydrogen-bond acceptors (Lipinski definition) is 7. The lowest BCUT2D eigenvalue weighted by Crippen LogP contribution is -2.42. The molecule has 7 nitrogen and oxygen atoms in total. The second kappa shape index (κ2) is 6.51. The molecule has 0 aromatic carbocycles. The van der Waals surface area contributed by atoms with E-state index in [9.17, 15) is 5.11 Å². The Morgan fingerprint density at radius 1 is 1.35 bits per heavy atom. The number of halogens is 1. The Bertz CT molecular complexity index is 452. The van der Waals surface area contributed by atoms with Crippen LogP contribution in [0.4, 0.5) is 5.95 Å². The van der Waals surface area contributed by atoms with Crippen molar-refractivity contribution in [1.29, 1.82) is 0 Å². The first-order valence-corrected chi connectivity index (χ1v) is 6.97. The molecule has 0 amide bonds. The largest absolute Gasteiger partial charge is 0.461 e. The van der Waals surface area contributed by atoms with Gasteiger partial charge in [0.1, 0.15) is 0 Å². The molecule has 2 N–H and O–H groups in total. The molecule has 2 heterocycles. The highest BCUT2D eigenvalue weighted by Gasteiger charge is 2.29. The van der Waals surface area contributed by atoms with Gasteiger partial charge in [-0.05, 0) is 25.4 Å². The predicted octanol–water partition coefficient (Wildman–Crippen LogP) is 1.27. The second-order valence-electron chi connectivity index (χ2n) is 5.07. The standard InChI is InChI=1S/C12H19ClN4O3/c1-8(2)20-11-16-9(13)15-10(17-11)14-7-12(18)3-5-19-6-4-12/h8,18H,3-7H2,1-2H3,(H,14,15,16,17). The van der Waals surface area contributed by atoms with Crippen LogP contribution in [-0.2, 0) is 4.74 Å². The Balaban J connectivity index is 1.99. The van der Waals surface area contributed by atoms with Gasteiger partial charge in [-0.3, -0.25) is 0 Å². The number of hydrogen-bond donors (Lipinski definition) is 2. The molecule has 1 aliphatic heterocycles. The lowest BCUT2D eigenvalue weighted by molar-refractivity contribution is -0.0544. The van der Waals surface area contributed by atoms with Crippen molar-refractivity contribution in [1.82, 2.24) is 15.0 Å². The summed E-state index contributed by atoms with van der Waals surface area (Å²) in [4.78, 5) is 12.0. The maximum Gasteiger partial charge on any atom is 0.322 e. The first kappa shape index (κ1) is 15.2. The lowest BCUT2D eigenvalue weighted by Gasteiger charge is -2.32. The maximum atomic E-state index is 10.3. The van der Waals surface area contributed by atoms with Crippen molar-refractivity contribution in [3.63, 3.8) is 0 Å². The van der Waals surface area contributed by atoms with E-state index in [1.165, 1.54) is 0 Å². The molecule has 0 aliphatic carbocycles. The third-order valence-electron chi connectivity index (χ3n) is 2.93. The monoisotopic (exact) mass is 302 g/mol. The lowest BCUT2D eigenvalue weighted by atomic mass is 9.94. The van der Waals surface area contributed by atoms with Crippen LogP contribution < -0.4 is 10.1 Å². The van der Waals surface area contributed by atoms with Crippen molar-refractivity contribution in [3.05, 3.63) is 5.28 Å². The smallest absolute Gasteiger partial charge is 0.322 e. The van der Waals surface area contributed by atoms with Gasteiger partial charge in [0.25, 0.3) is 0 Å². The minimum absolute atomic E-state index is 0.0529. The Hall–Kier alpha value is -1.18. The van der Waals surface area contributed by atoms with E-state index in [4.69, 9.17) is 21.1 Å². The van der Waals surface area contributed by atoms with Crippen LogP contribution in [0.15, 0.2) is 0 Å². The molecule has 20 heavy (non-hydrogen) atoms. The number of nitrogens with zero attached hydrogens (tertiary/aromatic N) is 3. The molecular weight excluding hydrogens is 284 g/mol. The van der Waals surface area contributed by atoms with Gasteiger partial charge in [0.2, 0.25) is 11.2 Å². The Kier molecular flexibility index (Phi) is 4.95. The Labute approximate surface area is 122 Å². The molecule has 1 aromatic heterocycles. The molecular formula is C12H19ClN4O3. The van der Waals surface area contributed by atoms with Gasteiger partial charge in [-0.2, -0.15) is 15.0 Å². The van der Waals surface area contributed by atoms with Crippen molar-refractivity contribution >= 4 is 17.5 Å². The zero-order valence-electron chi connectivity index (χ0n) is 11.6. The number of ether oxygens (including phenoxy) is 2. The molecule has 0 unspecified atom stereocenters. The summed E-state index contributed by atoms with van der Waals surface area (Å²) in [5, 5.41) is 13.4. The van der Waals surface area contributed by atoms with Crippen molar-refractivity contribution in [2.24, 2.45) is 0 Å². The van der Waals surface area contributed by atoms with Crippen LogP contribution in [0.25, 0.3) is 0 Å². The van der Waals surface area contributed by atoms with Crippen LogP contribution in [0.5, 0.6) is 6.01 Å². The number of nitrogens with one attached hydrogen (secondary N) is 1. The average Bonchev–Trinajstić information content (AvgIpc) is 2.36. The molecule has 0 bridgehead atoms. The average molecular weight is 303 g/mol. The minimum Gasteiger partial charge on any atom is -0.461 e. The molecule has 0 saturated carbocycles. The van der Waals surface area contributed by atoms with Crippen LogP contribution >= 0.6 is 11.6 Å². The highest BCUT2D eigenvalue weighted by molar-refractivity contribution is 6.28. The predicted molar refractivity (Wildman–Crippen MR) is 74.1 cm³/mol. The van der Waals surface area contributed by atoms with E-state index in [0.29, 0.717) is 38.5 Å². The zero-order valence-corrected chi connectivity index (χ0v) is 12.4. The summed E-state index contributed by atoms with van der Waals surface area (Å²) in [7, 11) is 0. The quantitative estimate of drug-likeness (QED) is 0.846. The number of rotatable bonds is 5. The fourth-order valence-corrected chi connectivity index (χ4v) is 2.00. The minimum atomic E-state index is -0.809. The molecule has 1 saturated heterocycles. The summed E-state index contributed by atoms with van der Waals surface area (Å²) in [6.07, 6.45) is 1.10. The van der Waals surface area contributed by atoms with E-state index >= 15 is 0 Å². The van der Waals surface area contributed by atoms with Gasteiger partial charge in [0, 0.05) is 32.6 Å². The van der Waals surface area contributed by atoms with Crippen LogP contribution in [0, 0.1) is 0 Å². The molecule has 0 radical (unpaired) electrons. The van der Waals surface area contributed by atoms with E-state index in [1.54, 1.807) is 0 Å². The molecule has 1 aliphatic rings. The number of aliphatic hydroxyl groups is 1. The van der Waals surface area contributed by atoms with Crippen molar-refractivity contribution in [3.8, 4) is 6.01 Å². The first-order valence-electron chi connectivity index (χ1n) is 6.59. The second-order valence-corrected chi connectivity index (χ2v) is 5.41. The summed E-state index contributed by atoms with van der Waals surface area (Å²) in [6, 6.07) is 0.168. The molecule has 0 spiro atoms. The van der Waals surface area contributed by atoms with Gasteiger partial charge in [-0.1, -0.05) is 0 Å². The van der Waals surface area contributed by atoms with Gasteiger partial charge in [-0.25, -0.2) is 0 Å². The first-order chi connectivity index (χ1) is 9.47. The Morgan fingerprint density at radius 3 is 2.70 bits per heavy atom. The molecule has 112 valence electrons. The SMILES string of the molecule is CC(C)Oc1nc(Cl)nc(NCC2(O)CCOCC2)n1. The molecule has 1 fully saturated rings. The highest BCUT2D eigenvalue weighted by Crippen LogP contribution is 2.21. The highest BCUT2D eigenvalue weighted by atomic mass is 35.5. The van der Waals surface area contributed by atoms with Crippen LogP contribution in [0.2, 0.25) is 5.28 Å². The third kappa shape index (κ3) is 4.43. The summed E-state index contributed by atoms with van der Waals surface area (Å²) in [5.41, 5.74) is -0.809. The van der Waals surface area contributed by atoms with Gasteiger partial charge < -0.3 is 19.9 Å². The van der Waals surface area contributed by atoms with E-state index in [0.717, 1.165) is 0 Å². The van der Waals surface area contributed by atoms with E-state index < -0.39 is 5.60 Å². The fourth-order valence-electron chi connectivity index (χ4n) is 1.85. The maximum absolute atomic E-state index is 10.3. The van der Waals surface area contributed by atoms with Crippen LogP contribution in [0.1, 0.15) is 26.7 Å². The Morgan fingerprint density at radius 2 is 2.05 bits per heavy atom. The summed E-state index contributed by atoms with van der Waals surface area (Å²) in [6.45, 7) is 5.18. The van der Waals surface area contributed by atoms with Crippen molar-refractivity contribution in [2.45, 2.75) is 38.4 Å².